The van der Waals surface area contributed by atoms with E-state index in [1.54, 1.807) is 7.11 Å². The van der Waals surface area contributed by atoms with E-state index in [0.717, 1.165) is 12.8 Å². The van der Waals surface area contributed by atoms with Crippen molar-refractivity contribution in [2.45, 2.75) is 44.3 Å². The van der Waals surface area contributed by atoms with Gasteiger partial charge in [0.15, 0.2) is 0 Å². The van der Waals surface area contributed by atoms with Crippen molar-refractivity contribution >= 4 is 0 Å². The highest BCUT2D eigenvalue weighted by molar-refractivity contribution is 4.87. The molecule has 2 N–H and O–H groups in total. The fourth-order valence-electron chi connectivity index (χ4n) is 1.31. The van der Waals surface area contributed by atoms with Gasteiger partial charge in [0.1, 0.15) is 0 Å². The number of terminal acetylenes is 1. The minimum Gasteiger partial charge on any atom is -0.396 e. The van der Waals surface area contributed by atoms with Gasteiger partial charge in [-0.25, -0.2) is 0 Å². The molecule has 0 aliphatic rings. The second-order valence-electron chi connectivity index (χ2n) is 3.36. The Morgan fingerprint density at radius 3 is 2.57 bits per heavy atom. The van der Waals surface area contributed by atoms with Crippen LogP contribution in [0.25, 0.3) is 0 Å². The fourth-order valence-corrected chi connectivity index (χ4v) is 1.31. The molecule has 0 saturated carbocycles. The highest BCUT2D eigenvalue weighted by Gasteiger charge is 2.07. The standard InChI is InChI=1S/C11H20O3/c1-3-5-11(14-2)7-4-6-10(13)8-9-12/h1,10-13H,4-9H2,2H3. The third-order valence-electron chi connectivity index (χ3n) is 2.20. The molecule has 0 aromatic heterocycles. The third-order valence-corrected chi connectivity index (χ3v) is 2.20. The first-order valence-corrected chi connectivity index (χ1v) is 4.99. The summed E-state index contributed by atoms with van der Waals surface area (Å²) in [7, 11) is 1.64. The van der Waals surface area contributed by atoms with Crippen LogP contribution < -0.4 is 0 Å². The quantitative estimate of drug-likeness (QED) is 0.573. The molecule has 0 spiro atoms. The summed E-state index contributed by atoms with van der Waals surface area (Å²) < 4.78 is 5.16. The first kappa shape index (κ1) is 13.4. The van der Waals surface area contributed by atoms with Gasteiger partial charge in [-0.3, -0.25) is 0 Å². The second kappa shape index (κ2) is 9.01. The summed E-state index contributed by atoms with van der Waals surface area (Å²) in [5.74, 6) is 2.55. The Morgan fingerprint density at radius 1 is 1.36 bits per heavy atom. The highest BCUT2D eigenvalue weighted by Crippen LogP contribution is 2.10. The zero-order valence-corrected chi connectivity index (χ0v) is 8.78. The van der Waals surface area contributed by atoms with Gasteiger partial charge in [0.05, 0.1) is 12.2 Å². The smallest absolute Gasteiger partial charge is 0.0680 e. The Balaban J connectivity index is 3.46. The first-order valence-electron chi connectivity index (χ1n) is 4.99. The molecular formula is C11H20O3. The predicted octanol–water partition coefficient (Wildman–Crippen LogP) is 0.938. The maximum atomic E-state index is 9.32. The normalized spacial score (nSPS) is 14.7. The maximum Gasteiger partial charge on any atom is 0.0680 e. The van der Waals surface area contributed by atoms with Crippen LogP contribution in [0.3, 0.4) is 0 Å². The van der Waals surface area contributed by atoms with Gasteiger partial charge < -0.3 is 14.9 Å². The SMILES string of the molecule is C#CCC(CCCC(O)CCO)OC. The van der Waals surface area contributed by atoms with Gasteiger partial charge in [0.25, 0.3) is 0 Å². The molecule has 0 radical (unpaired) electrons. The molecule has 3 heteroatoms. The molecule has 82 valence electrons. The van der Waals surface area contributed by atoms with Crippen LogP contribution >= 0.6 is 0 Å². The topological polar surface area (TPSA) is 49.7 Å². The lowest BCUT2D eigenvalue weighted by Crippen LogP contribution is -2.13. The third kappa shape index (κ3) is 6.90. The molecule has 2 atom stereocenters. The summed E-state index contributed by atoms with van der Waals surface area (Å²) in [5.41, 5.74) is 0. The molecule has 14 heavy (non-hydrogen) atoms. The highest BCUT2D eigenvalue weighted by atomic mass is 16.5. The van der Waals surface area contributed by atoms with E-state index in [4.69, 9.17) is 16.3 Å². The summed E-state index contributed by atoms with van der Waals surface area (Å²) >= 11 is 0. The lowest BCUT2D eigenvalue weighted by molar-refractivity contribution is 0.0847. The Labute approximate surface area is 86.1 Å². The van der Waals surface area contributed by atoms with E-state index >= 15 is 0 Å². The molecular weight excluding hydrogens is 180 g/mol. The molecule has 0 aliphatic heterocycles. The summed E-state index contributed by atoms with van der Waals surface area (Å²) in [5, 5.41) is 17.9. The molecule has 0 aromatic carbocycles. The van der Waals surface area contributed by atoms with E-state index in [1.165, 1.54) is 0 Å². The van der Waals surface area contributed by atoms with Crippen molar-refractivity contribution < 1.29 is 14.9 Å². The molecule has 0 aromatic rings. The predicted molar refractivity (Wildman–Crippen MR) is 55.8 cm³/mol. The van der Waals surface area contributed by atoms with Crippen LogP contribution in [-0.4, -0.2) is 36.1 Å². The largest absolute Gasteiger partial charge is 0.396 e. The van der Waals surface area contributed by atoms with Crippen molar-refractivity contribution in [3.8, 4) is 12.3 Å². The lowest BCUT2D eigenvalue weighted by atomic mass is 10.1. The Hall–Kier alpha value is -0.560. The Bertz CT molecular complexity index is 162. The molecule has 0 fully saturated rings. The Morgan fingerprint density at radius 2 is 2.07 bits per heavy atom. The van der Waals surface area contributed by atoms with Crippen LogP contribution in [0.15, 0.2) is 0 Å². The van der Waals surface area contributed by atoms with Crippen LogP contribution in [-0.2, 0) is 4.74 Å². The number of hydrogen-bond donors (Lipinski definition) is 2. The Kier molecular flexibility index (Phi) is 8.65. The van der Waals surface area contributed by atoms with Crippen molar-refractivity contribution in [2.75, 3.05) is 13.7 Å². The van der Waals surface area contributed by atoms with Gasteiger partial charge in [-0.2, -0.15) is 0 Å². The van der Waals surface area contributed by atoms with Crippen molar-refractivity contribution in [1.82, 2.24) is 0 Å². The van der Waals surface area contributed by atoms with E-state index < -0.39 is 6.10 Å². The monoisotopic (exact) mass is 200 g/mol. The second-order valence-corrected chi connectivity index (χ2v) is 3.36. The van der Waals surface area contributed by atoms with Crippen molar-refractivity contribution in [1.29, 1.82) is 0 Å². The first-order chi connectivity index (χ1) is 6.74. The lowest BCUT2D eigenvalue weighted by Gasteiger charge is -2.13. The van der Waals surface area contributed by atoms with Gasteiger partial charge >= 0.3 is 0 Å². The number of ether oxygens (including phenoxy) is 1. The van der Waals surface area contributed by atoms with Gasteiger partial charge in [-0.1, -0.05) is 0 Å². The zero-order valence-electron chi connectivity index (χ0n) is 8.78. The van der Waals surface area contributed by atoms with Gasteiger partial charge in [0.2, 0.25) is 0 Å². The van der Waals surface area contributed by atoms with Gasteiger partial charge in [0, 0.05) is 20.1 Å². The minimum absolute atomic E-state index is 0.0409. The average molecular weight is 200 g/mol. The summed E-state index contributed by atoms with van der Waals surface area (Å²) in [4.78, 5) is 0. The molecule has 0 heterocycles. The number of hydrogen-bond acceptors (Lipinski definition) is 3. The number of rotatable bonds is 8. The summed E-state index contributed by atoms with van der Waals surface area (Å²) in [6.45, 7) is 0.0409. The molecule has 0 aliphatic carbocycles. The van der Waals surface area contributed by atoms with Crippen molar-refractivity contribution in [2.24, 2.45) is 0 Å². The van der Waals surface area contributed by atoms with E-state index in [2.05, 4.69) is 5.92 Å². The van der Waals surface area contributed by atoms with Crippen LogP contribution in [0, 0.1) is 12.3 Å². The number of aliphatic hydroxyl groups is 2. The number of methoxy groups -OCH3 is 1. The fraction of sp³-hybridized carbons (Fsp3) is 0.818. The van der Waals surface area contributed by atoms with Gasteiger partial charge in [-0.05, 0) is 25.7 Å². The average Bonchev–Trinajstić information content (AvgIpc) is 2.17. The van der Waals surface area contributed by atoms with Crippen molar-refractivity contribution in [3.63, 3.8) is 0 Å². The minimum atomic E-state index is -0.400. The number of aliphatic hydroxyl groups excluding tert-OH is 2. The molecule has 0 bridgehead atoms. The van der Waals surface area contributed by atoms with E-state index in [-0.39, 0.29) is 12.7 Å². The summed E-state index contributed by atoms with van der Waals surface area (Å²) in [6.07, 6.45) is 8.38. The molecule has 0 amide bonds. The van der Waals surface area contributed by atoms with E-state index in [0.29, 0.717) is 19.3 Å². The molecule has 2 unspecified atom stereocenters. The zero-order chi connectivity index (χ0) is 10.8. The van der Waals surface area contributed by atoms with Crippen LogP contribution in [0.4, 0.5) is 0 Å². The molecule has 0 saturated heterocycles. The van der Waals surface area contributed by atoms with E-state index in [9.17, 15) is 5.11 Å². The summed E-state index contributed by atoms with van der Waals surface area (Å²) in [6, 6.07) is 0. The molecule has 0 rings (SSSR count). The van der Waals surface area contributed by atoms with E-state index in [1.807, 2.05) is 0 Å². The van der Waals surface area contributed by atoms with Crippen molar-refractivity contribution in [3.05, 3.63) is 0 Å². The van der Waals surface area contributed by atoms with Crippen LogP contribution in [0.5, 0.6) is 0 Å². The van der Waals surface area contributed by atoms with Gasteiger partial charge in [-0.15, -0.1) is 12.3 Å². The molecule has 3 nitrogen and oxygen atoms in total. The maximum absolute atomic E-state index is 9.32. The van der Waals surface area contributed by atoms with Crippen LogP contribution in [0.2, 0.25) is 0 Å². The van der Waals surface area contributed by atoms with Crippen LogP contribution in [0.1, 0.15) is 32.1 Å².